The molecule has 15 heavy (non-hydrogen) atoms. The van der Waals surface area contributed by atoms with E-state index in [2.05, 4.69) is 22.6 Å². The largest absolute Gasteiger partial charge is 0.465 e. The number of halogens is 1. The molecule has 0 unspecified atom stereocenters. The standard InChI is InChI=1S/C12H9IO2/c1-15-12(14)9-6-2-4-8-5-3-7-10(13)11(8)9/h2-7H,1H3. The maximum atomic E-state index is 11.6. The van der Waals surface area contributed by atoms with Gasteiger partial charge in [0.25, 0.3) is 0 Å². The summed E-state index contributed by atoms with van der Waals surface area (Å²) in [5.74, 6) is -0.287. The molecule has 0 bridgehead atoms. The number of fused-ring (bicyclic) bond motifs is 1. The van der Waals surface area contributed by atoms with Crippen LogP contribution in [0.2, 0.25) is 0 Å². The van der Waals surface area contributed by atoms with Crippen LogP contribution in [0.5, 0.6) is 0 Å². The van der Waals surface area contributed by atoms with E-state index >= 15 is 0 Å². The Hall–Kier alpha value is -1.10. The molecule has 0 saturated heterocycles. The van der Waals surface area contributed by atoms with Crippen LogP contribution in [-0.4, -0.2) is 13.1 Å². The zero-order chi connectivity index (χ0) is 10.8. The molecule has 0 amide bonds. The summed E-state index contributed by atoms with van der Waals surface area (Å²) in [6.45, 7) is 0. The molecule has 0 spiro atoms. The fourth-order valence-corrected chi connectivity index (χ4v) is 2.38. The summed E-state index contributed by atoms with van der Waals surface area (Å²) < 4.78 is 5.82. The van der Waals surface area contributed by atoms with Gasteiger partial charge in [-0.2, -0.15) is 0 Å². The Morgan fingerprint density at radius 1 is 1.20 bits per heavy atom. The first-order valence-corrected chi connectivity index (χ1v) is 5.57. The SMILES string of the molecule is COC(=O)c1cccc2cccc(I)c12. The van der Waals surface area contributed by atoms with Crippen LogP contribution >= 0.6 is 22.6 Å². The second-order valence-electron chi connectivity index (χ2n) is 3.14. The van der Waals surface area contributed by atoms with Gasteiger partial charge >= 0.3 is 5.97 Å². The zero-order valence-electron chi connectivity index (χ0n) is 8.16. The summed E-state index contributed by atoms with van der Waals surface area (Å²) >= 11 is 2.23. The molecule has 2 aromatic carbocycles. The van der Waals surface area contributed by atoms with Gasteiger partial charge in [0.2, 0.25) is 0 Å². The highest BCUT2D eigenvalue weighted by molar-refractivity contribution is 14.1. The third-order valence-electron chi connectivity index (χ3n) is 2.26. The van der Waals surface area contributed by atoms with Crippen LogP contribution in [0.1, 0.15) is 10.4 Å². The Morgan fingerprint density at radius 3 is 2.53 bits per heavy atom. The number of ether oxygens (including phenoxy) is 1. The lowest BCUT2D eigenvalue weighted by molar-refractivity contribution is 0.0603. The maximum Gasteiger partial charge on any atom is 0.338 e. The van der Waals surface area contributed by atoms with Gasteiger partial charge < -0.3 is 4.74 Å². The monoisotopic (exact) mass is 312 g/mol. The summed E-state index contributed by atoms with van der Waals surface area (Å²) in [6.07, 6.45) is 0. The number of hydrogen-bond acceptors (Lipinski definition) is 2. The molecule has 2 rings (SSSR count). The Kier molecular flexibility index (Phi) is 2.90. The molecule has 0 aliphatic rings. The number of carbonyl (C=O) groups is 1. The molecule has 2 nitrogen and oxygen atoms in total. The van der Waals surface area contributed by atoms with Crippen molar-refractivity contribution in [1.82, 2.24) is 0 Å². The molecular formula is C12H9IO2. The van der Waals surface area contributed by atoms with Gasteiger partial charge in [-0.15, -0.1) is 0 Å². The first-order chi connectivity index (χ1) is 7.24. The quantitative estimate of drug-likeness (QED) is 0.597. The molecule has 0 aliphatic heterocycles. The summed E-state index contributed by atoms with van der Waals surface area (Å²) in [4.78, 5) is 11.6. The number of benzene rings is 2. The van der Waals surface area contributed by atoms with Gasteiger partial charge in [0.1, 0.15) is 0 Å². The normalized spacial score (nSPS) is 10.3. The fourth-order valence-electron chi connectivity index (χ4n) is 1.58. The average molecular weight is 312 g/mol. The lowest BCUT2D eigenvalue weighted by Crippen LogP contribution is -2.02. The Balaban J connectivity index is 2.80. The van der Waals surface area contributed by atoms with Crippen molar-refractivity contribution in [1.29, 1.82) is 0 Å². The fraction of sp³-hybridized carbons (Fsp3) is 0.0833. The maximum absolute atomic E-state index is 11.6. The van der Waals surface area contributed by atoms with Gasteiger partial charge in [0.15, 0.2) is 0 Å². The van der Waals surface area contributed by atoms with E-state index in [9.17, 15) is 4.79 Å². The van der Waals surface area contributed by atoms with Crippen LogP contribution < -0.4 is 0 Å². The van der Waals surface area contributed by atoms with E-state index in [0.717, 1.165) is 14.3 Å². The van der Waals surface area contributed by atoms with Crippen LogP contribution in [0.15, 0.2) is 36.4 Å². The molecule has 76 valence electrons. The van der Waals surface area contributed by atoms with Gasteiger partial charge in [-0.3, -0.25) is 0 Å². The van der Waals surface area contributed by atoms with Gasteiger partial charge in [-0.25, -0.2) is 4.79 Å². The highest BCUT2D eigenvalue weighted by atomic mass is 127. The lowest BCUT2D eigenvalue weighted by Gasteiger charge is -2.06. The van der Waals surface area contributed by atoms with E-state index in [1.165, 1.54) is 7.11 Å². The van der Waals surface area contributed by atoms with E-state index < -0.39 is 0 Å². The minimum atomic E-state index is -0.287. The lowest BCUT2D eigenvalue weighted by atomic mass is 10.1. The molecule has 0 saturated carbocycles. The Morgan fingerprint density at radius 2 is 1.87 bits per heavy atom. The highest BCUT2D eigenvalue weighted by Gasteiger charge is 2.11. The minimum Gasteiger partial charge on any atom is -0.465 e. The third kappa shape index (κ3) is 1.84. The van der Waals surface area contributed by atoms with Crippen molar-refractivity contribution in [2.45, 2.75) is 0 Å². The predicted molar refractivity (Wildman–Crippen MR) is 68.0 cm³/mol. The Bertz CT molecular complexity index is 515. The molecule has 3 heteroatoms. The molecule has 0 aromatic heterocycles. The second-order valence-corrected chi connectivity index (χ2v) is 4.30. The average Bonchev–Trinajstić information content (AvgIpc) is 2.28. The van der Waals surface area contributed by atoms with Crippen LogP contribution in [0, 0.1) is 3.57 Å². The number of hydrogen-bond donors (Lipinski definition) is 0. The van der Waals surface area contributed by atoms with E-state index in [-0.39, 0.29) is 5.97 Å². The van der Waals surface area contributed by atoms with Crippen LogP contribution in [-0.2, 0) is 4.74 Å². The first-order valence-electron chi connectivity index (χ1n) is 4.49. The Labute approximate surface area is 101 Å². The topological polar surface area (TPSA) is 26.3 Å². The smallest absolute Gasteiger partial charge is 0.338 e. The highest BCUT2D eigenvalue weighted by Crippen LogP contribution is 2.24. The summed E-state index contributed by atoms with van der Waals surface area (Å²) in [7, 11) is 1.40. The molecule has 2 aromatic rings. The third-order valence-corrected chi connectivity index (χ3v) is 3.16. The van der Waals surface area contributed by atoms with Gasteiger partial charge in [-0.1, -0.05) is 24.3 Å². The molecule has 0 radical (unpaired) electrons. The van der Waals surface area contributed by atoms with Crippen molar-refractivity contribution >= 4 is 39.3 Å². The summed E-state index contributed by atoms with van der Waals surface area (Å²) in [5.41, 5.74) is 0.625. The van der Waals surface area contributed by atoms with Crippen LogP contribution in [0.4, 0.5) is 0 Å². The van der Waals surface area contributed by atoms with E-state index in [4.69, 9.17) is 4.74 Å². The number of carbonyl (C=O) groups excluding carboxylic acids is 1. The van der Waals surface area contributed by atoms with Crippen molar-refractivity contribution in [2.24, 2.45) is 0 Å². The molecular weight excluding hydrogens is 303 g/mol. The molecule has 0 fully saturated rings. The zero-order valence-corrected chi connectivity index (χ0v) is 10.3. The van der Waals surface area contributed by atoms with Crippen molar-refractivity contribution < 1.29 is 9.53 Å². The molecule has 0 N–H and O–H groups in total. The van der Waals surface area contributed by atoms with E-state index in [1.807, 2.05) is 30.3 Å². The van der Waals surface area contributed by atoms with E-state index in [1.54, 1.807) is 6.07 Å². The van der Waals surface area contributed by atoms with Crippen molar-refractivity contribution in [3.8, 4) is 0 Å². The number of methoxy groups -OCH3 is 1. The summed E-state index contributed by atoms with van der Waals surface area (Å²) in [5, 5.41) is 2.03. The predicted octanol–water partition coefficient (Wildman–Crippen LogP) is 3.23. The minimum absolute atomic E-state index is 0.287. The molecule has 0 atom stereocenters. The van der Waals surface area contributed by atoms with Crippen molar-refractivity contribution in [3.05, 3.63) is 45.5 Å². The van der Waals surface area contributed by atoms with Crippen molar-refractivity contribution in [2.75, 3.05) is 7.11 Å². The van der Waals surface area contributed by atoms with E-state index in [0.29, 0.717) is 5.56 Å². The molecule has 0 aliphatic carbocycles. The molecule has 0 heterocycles. The van der Waals surface area contributed by atoms with Gasteiger partial charge in [0, 0.05) is 8.96 Å². The first kappa shape index (κ1) is 10.4. The number of rotatable bonds is 1. The van der Waals surface area contributed by atoms with Crippen LogP contribution in [0.25, 0.3) is 10.8 Å². The van der Waals surface area contributed by atoms with Crippen molar-refractivity contribution in [3.63, 3.8) is 0 Å². The van der Waals surface area contributed by atoms with Crippen LogP contribution in [0.3, 0.4) is 0 Å². The second kappa shape index (κ2) is 4.18. The number of esters is 1. The summed E-state index contributed by atoms with van der Waals surface area (Å²) in [6, 6.07) is 11.6. The van der Waals surface area contributed by atoms with Gasteiger partial charge in [-0.05, 0) is 40.1 Å². The van der Waals surface area contributed by atoms with Gasteiger partial charge in [0.05, 0.1) is 12.7 Å².